The summed E-state index contributed by atoms with van der Waals surface area (Å²) in [6, 6.07) is 28.3. The normalized spacial score (nSPS) is 11.3. The van der Waals surface area contributed by atoms with Crippen LogP contribution in [0.25, 0.3) is 11.4 Å². The molecule has 3 aromatic heterocycles. The molecule has 0 saturated heterocycles. The number of hydrogen-bond acceptors (Lipinski definition) is 12. The highest BCUT2D eigenvalue weighted by Crippen LogP contribution is 2.30. The predicted molar refractivity (Wildman–Crippen MR) is 208 cm³/mol. The van der Waals surface area contributed by atoms with E-state index in [1.165, 1.54) is 18.4 Å². The summed E-state index contributed by atoms with van der Waals surface area (Å²) in [6.07, 6.45) is 3.93. The maximum Gasteiger partial charge on any atom is 0.242 e. The van der Waals surface area contributed by atoms with E-state index >= 15 is 0 Å². The molecule has 6 aromatic rings. The molecule has 278 valence electrons. The van der Waals surface area contributed by atoms with Crippen LogP contribution in [0.2, 0.25) is 0 Å². The van der Waals surface area contributed by atoms with Crippen molar-refractivity contribution in [3.63, 3.8) is 0 Å². The number of hydrogen-bond donors (Lipinski definition) is 1. The van der Waals surface area contributed by atoms with E-state index < -0.39 is 10.0 Å². The zero-order chi connectivity index (χ0) is 38.2. The van der Waals surface area contributed by atoms with Gasteiger partial charge in [-0.05, 0) is 84.1 Å². The third-order valence-corrected chi connectivity index (χ3v) is 10.4. The summed E-state index contributed by atoms with van der Waals surface area (Å²) in [5, 5.41) is 3.38. The lowest BCUT2D eigenvalue weighted by atomic mass is 10.0. The van der Waals surface area contributed by atoms with Gasteiger partial charge in [0.25, 0.3) is 0 Å². The molecule has 1 N–H and O–H groups in total. The number of methoxy groups -OCH3 is 3. The van der Waals surface area contributed by atoms with Gasteiger partial charge in [0.15, 0.2) is 5.82 Å². The van der Waals surface area contributed by atoms with Gasteiger partial charge < -0.3 is 24.4 Å². The van der Waals surface area contributed by atoms with Gasteiger partial charge in [0.2, 0.25) is 21.9 Å². The van der Waals surface area contributed by atoms with Crippen molar-refractivity contribution in [3.8, 4) is 28.8 Å². The monoisotopic (exact) mass is 746 g/mol. The molecule has 0 aliphatic heterocycles. The van der Waals surface area contributed by atoms with Crippen molar-refractivity contribution in [3.05, 3.63) is 131 Å². The topological polar surface area (TPSA) is 145 Å². The molecule has 13 nitrogen and oxygen atoms in total. The second kappa shape index (κ2) is 16.7. The summed E-state index contributed by atoms with van der Waals surface area (Å²) >= 11 is 0. The number of aryl methyl sites for hydroxylation is 1. The Kier molecular flexibility index (Phi) is 11.6. The van der Waals surface area contributed by atoms with E-state index in [-0.39, 0.29) is 4.90 Å². The van der Waals surface area contributed by atoms with Crippen molar-refractivity contribution in [1.82, 2.24) is 29.2 Å². The van der Waals surface area contributed by atoms with E-state index in [4.69, 9.17) is 34.1 Å². The van der Waals surface area contributed by atoms with Crippen LogP contribution in [-0.2, 0) is 29.5 Å². The van der Waals surface area contributed by atoms with Gasteiger partial charge in [-0.1, -0.05) is 36.4 Å². The fraction of sp³-hybridized carbons (Fsp3) is 0.225. The smallest absolute Gasteiger partial charge is 0.242 e. The Balaban J connectivity index is 1.40. The van der Waals surface area contributed by atoms with E-state index in [1.54, 1.807) is 51.9 Å². The van der Waals surface area contributed by atoms with E-state index in [2.05, 4.69) is 15.2 Å². The number of sulfonamides is 1. The van der Waals surface area contributed by atoms with Crippen molar-refractivity contribution in [2.24, 2.45) is 0 Å². The minimum atomic E-state index is -3.55. The van der Waals surface area contributed by atoms with Crippen molar-refractivity contribution < 1.29 is 22.6 Å². The predicted octanol–water partition coefficient (Wildman–Crippen LogP) is 6.45. The summed E-state index contributed by atoms with van der Waals surface area (Å²) < 4.78 is 42.5. The third-order valence-electron chi connectivity index (χ3n) is 8.59. The largest absolute Gasteiger partial charge is 0.497 e. The lowest BCUT2D eigenvalue weighted by Crippen LogP contribution is -2.25. The fourth-order valence-corrected chi connectivity index (χ4v) is 6.54. The number of rotatable bonds is 15. The molecule has 0 saturated carbocycles. The molecule has 0 radical (unpaired) electrons. The van der Waals surface area contributed by atoms with E-state index in [9.17, 15) is 8.42 Å². The summed E-state index contributed by atoms with van der Waals surface area (Å²) in [4.78, 5) is 26.2. The summed E-state index contributed by atoms with van der Waals surface area (Å²) in [7, 11) is 4.34. The summed E-state index contributed by atoms with van der Waals surface area (Å²) in [5.74, 6) is 4.00. The van der Waals surface area contributed by atoms with Crippen molar-refractivity contribution in [2.75, 3.05) is 45.6 Å². The molecule has 0 unspecified atom stereocenters. The van der Waals surface area contributed by atoms with Gasteiger partial charge in [-0.15, -0.1) is 0 Å². The first-order valence-corrected chi connectivity index (χ1v) is 18.5. The highest BCUT2D eigenvalue weighted by atomic mass is 32.2. The third kappa shape index (κ3) is 9.08. The number of ether oxygens (including phenoxy) is 3. The Labute approximate surface area is 315 Å². The molecule has 0 spiro atoms. The molecule has 6 rings (SSSR count). The van der Waals surface area contributed by atoms with Crippen LogP contribution in [0.5, 0.6) is 17.4 Å². The molecular weight excluding hydrogens is 705 g/mol. The fourth-order valence-electron chi connectivity index (χ4n) is 5.64. The second-order valence-corrected chi connectivity index (χ2v) is 14.8. The molecule has 0 aliphatic rings. The maximum absolute atomic E-state index is 12.7. The molecular formula is C40H42N8O5S. The average molecular weight is 747 g/mol. The molecule has 54 heavy (non-hydrogen) atoms. The van der Waals surface area contributed by atoms with Crippen LogP contribution in [0.4, 0.5) is 17.5 Å². The SMILES string of the molecule is COc1ccc(CN(Cc2ccc(OC)cc2)c2nc(C)nc(-c3cc(Cc4ccc(S(=O)(=O)N(C)C)cc4)cnc3Nc3ccc(OC)nc3)n2)cc1. The van der Waals surface area contributed by atoms with Crippen LogP contribution in [0.3, 0.4) is 0 Å². The Morgan fingerprint density at radius 1 is 0.667 bits per heavy atom. The van der Waals surface area contributed by atoms with Crippen LogP contribution in [-0.4, -0.2) is 73.1 Å². The van der Waals surface area contributed by atoms with Gasteiger partial charge in [0, 0.05) is 39.4 Å². The number of aromatic nitrogens is 5. The van der Waals surface area contributed by atoms with Crippen LogP contribution in [0, 0.1) is 6.92 Å². The van der Waals surface area contributed by atoms with Crippen LogP contribution < -0.4 is 24.4 Å². The minimum Gasteiger partial charge on any atom is -0.497 e. The number of anilines is 3. The van der Waals surface area contributed by atoms with E-state index in [0.29, 0.717) is 60.1 Å². The van der Waals surface area contributed by atoms with Crippen molar-refractivity contribution in [1.29, 1.82) is 0 Å². The molecule has 0 bridgehead atoms. The second-order valence-electron chi connectivity index (χ2n) is 12.6. The van der Waals surface area contributed by atoms with Crippen LogP contribution in [0.1, 0.15) is 28.1 Å². The highest BCUT2D eigenvalue weighted by Gasteiger charge is 2.20. The first kappa shape index (κ1) is 37.6. The molecule has 14 heteroatoms. The molecule has 0 fully saturated rings. The van der Waals surface area contributed by atoms with Crippen LogP contribution >= 0.6 is 0 Å². The maximum atomic E-state index is 12.7. The van der Waals surface area contributed by atoms with Crippen molar-refractivity contribution in [2.45, 2.75) is 31.3 Å². The summed E-state index contributed by atoms with van der Waals surface area (Å²) in [6.45, 7) is 2.87. The van der Waals surface area contributed by atoms with Gasteiger partial charge in [-0.3, -0.25) is 0 Å². The van der Waals surface area contributed by atoms with Gasteiger partial charge in [0.1, 0.15) is 23.1 Å². The highest BCUT2D eigenvalue weighted by molar-refractivity contribution is 7.89. The quantitative estimate of drug-likeness (QED) is 0.123. The molecule has 0 aliphatic carbocycles. The molecule has 0 amide bonds. The van der Waals surface area contributed by atoms with Crippen LogP contribution in [0.15, 0.2) is 108 Å². The Morgan fingerprint density at radius 2 is 1.28 bits per heavy atom. The lowest BCUT2D eigenvalue weighted by molar-refractivity contribution is 0.398. The number of benzene rings is 3. The number of nitrogens with one attached hydrogen (secondary N) is 1. The van der Waals surface area contributed by atoms with Gasteiger partial charge in [-0.2, -0.15) is 9.97 Å². The first-order valence-electron chi connectivity index (χ1n) is 17.1. The summed E-state index contributed by atoms with van der Waals surface area (Å²) in [5.41, 5.74) is 5.23. The number of pyridine rings is 2. The zero-order valence-electron chi connectivity index (χ0n) is 31.0. The average Bonchev–Trinajstić information content (AvgIpc) is 3.19. The van der Waals surface area contributed by atoms with Gasteiger partial charge >= 0.3 is 0 Å². The molecule has 3 heterocycles. The Bertz CT molecular complexity index is 2240. The Morgan fingerprint density at radius 3 is 1.81 bits per heavy atom. The van der Waals surface area contributed by atoms with Gasteiger partial charge in [-0.25, -0.2) is 27.7 Å². The molecule has 0 atom stereocenters. The number of nitrogens with zero attached hydrogens (tertiary/aromatic N) is 7. The lowest BCUT2D eigenvalue weighted by Gasteiger charge is -2.24. The minimum absolute atomic E-state index is 0.227. The molecule has 3 aromatic carbocycles. The van der Waals surface area contributed by atoms with Gasteiger partial charge in [0.05, 0.1) is 43.7 Å². The zero-order valence-corrected chi connectivity index (χ0v) is 31.8. The van der Waals surface area contributed by atoms with Crippen molar-refractivity contribution >= 4 is 27.5 Å². The standard InChI is InChI=1S/C40H42N8O5S/c1-27-43-39(46-40(44-27)48(25-29-7-14-33(51-4)15-8-29)26-30-9-16-34(52-5)17-10-30)36-22-31(21-28-11-18-35(19-12-28)54(49,50)47(2)3)23-42-38(36)45-32-13-20-37(53-6)41-24-32/h7-20,22-24H,21,25-26H2,1-6H3,(H,42,45). The Hall–Kier alpha value is -6.12. The van der Waals surface area contributed by atoms with E-state index in [1.807, 2.05) is 79.7 Å². The first-order chi connectivity index (χ1) is 26.0. The van der Waals surface area contributed by atoms with E-state index in [0.717, 1.165) is 33.8 Å².